The van der Waals surface area contributed by atoms with Crippen molar-refractivity contribution in [3.05, 3.63) is 63.6 Å². The normalized spacial score (nSPS) is 20.2. The van der Waals surface area contributed by atoms with E-state index in [1.807, 2.05) is 7.05 Å². The Bertz CT molecular complexity index is 1240. The van der Waals surface area contributed by atoms with Crippen LogP contribution in [-0.4, -0.2) is 91.5 Å². The molecule has 0 aliphatic carbocycles. The molecule has 2 aromatic rings. The van der Waals surface area contributed by atoms with Gasteiger partial charge in [0.2, 0.25) is 0 Å². The Morgan fingerprint density at radius 3 is 2.21 bits per heavy atom. The number of nitrogens with zero attached hydrogens (tertiary/aromatic N) is 2. The number of likely N-dealkylation sites (N-methyl/N-ethyl adjacent to an activating group) is 1. The van der Waals surface area contributed by atoms with Crippen molar-refractivity contribution in [2.24, 2.45) is 0 Å². The van der Waals surface area contributed by atoms with Crippen LogP contribution in [0.5, 0.6) is 5.75 Å². The van der Waals surface area contributed by atoms with E-state index in [-0.39, 0.29) is 25.7 Å². The maximum atomic E-state index is 13.4. The van der Waals surface area contributed by atoms with E-state index in [4.69, 9.17) is 42.1 Å². The Morgan fingerprint density at radius 2 is 1.60 bits per heavy atom. The van der Waals surface area contributed by atoms with Crippen LogP contribution in [-0.2, 0) is 41.6 Å². The molecule has 1 N–H and O–H groups in total. The number of piperazine rings is 1. The van der Waals surface area contributed by atoms with Crippen LogP contribution in [0.25, 0.3) is 0 Å². The fourth-order valence-corrected chi connectivity index (χ4v) is 5.09. The van der Waals surface area contributed by atoms with Crippen molar-refractivity contribution in [1.29, 1.82) is 0 Å². The van der Waals surface area contributed by atoms with Crippen LogP contribution in [0.2, 0.25) is 10.0 Å². The van der Waals surface area contributed by atoms with Crippen molar-refractivity contribution in [3.63, 3.8) is 0 Å². The summed E-state index contributed by atoms with van der Waals surface area (Å²) in [6.07, 6.45) is -2.13. The lowest BCUT2D eigenvalue weighted by atomic mass is 10.0. The van der Waals surface area contributed by atoms with Crippen molar-refractivity contribution in [2.75, 3.05) is 40.0 Å². The number of hydrogen-bond donors (Lipinski definition) is 1. The second-order valence-corrected chi connectivity index (χ2v) is 12.2. The SMILES string of the molecule is CN1CCN(C(=O)[C@@H]2OCO[C@H]2C(=O)N[C@@H](Cc2ccc(OCc3c(Cl)cccc3Cl)cc2)C(=O)OC(C)(C)C)CC1. The fraction of sp³-hybridized carbons (Fsp3) is 0.500. The summed E-state index contributed by atoms with van der Waals surface area (Å²) in [6, 6.07) is 11.3. The van der Waals surface area contributed by atoms with Crippen molar-refractivity contribution in [2.45, 2.75) is 57.6 Å². The van der Waals surface area contributed by atoms with E-state index in [0.29, 0.717) is 34.4 Å². The maximum Gasteiger partial charge on any atom is 0.329 e. The summed E-state index contributed by atoms with van der Waals surface area (Å²) in [5.74, 6) is -0.949. The van der Waals surface area contributed by atoms with Crippen LogP contribution in [0.4, 0.5) is 0 Å². The first-order valence-corrected chi connectivity index (χ1v) is 14.6. The number of esters is 1. The summed E-state index contributed by atoms with van der Waals surface area (Å²) in [7, 11) is 1.99. The average molecular weight is 623 g/mol. The van der Waals surface area contributed by atoms with E-state index in [1.165, 1.54) is 0 Å². The van der Waals surface area contributed by atoms with Gasteiger partial charge >= 0.3 is 5.97 Å². The van der Waals surface area contributed by atoms with Gasteiger partial charge in [0.05, 0.1) is 0 Å². The molecule has 228 valence electrons. The number of carbonyl (C=O) groups is 3. The minimum atomic E-state index is -1.19. The summed E-state index contributed by atoms with van der Waals surface area (Å²) in [5.41, 5.74) is 0.660. The first-order valence-electron chi connectivity index (χ1n) is 13.8. The lowest BCUT2D eigenvalue weighted by Gasteiger charge is -2.34. The molecule has 4 rings (SSSR count). The van der Waals surface area contributed by atoms with Gasteiger partial charge in [-0.3, -0.25) is 9.59 Å². The molecule has 2 aliphatic rings. The van der Waals surface area contributed by atoms with Gasteiger partial charge < -0.3 is 34.1 Å². The molecule has 0 saturated carbocycles. The van der Waals surface area contributed by atoms with Crippen molar-refractivity contribution in [3.8, 4) is 5.75 Å². The smallest absolute Gasteiger partial charge is 0.329 e. The predicted octanol–water partition coefficient (Wildman–Crippen LogP) is 3.46. The van der Waals surface area contributed by atoms with Crippen molar-refractivity contribution < 1.29 is 33.3 Å². The summed E-state index contributed by atoms with van der Waals surface area (Å²) in [4.78, 5) is 43.4. The Balaban J connectivity index is 1.42. The van der Waals surface area contributed by atoms with E-state index < -0.39 is 35.7 Å². The molecule has 0 aromatic heterocycles. The molecule has 3 atom stereocenters. The second kappa shape index (κ2) is 14.1. The Labute approximate surface area is 256 Å². The number of carbonyl (C=O) groups excluding carboxylic acids is 3. The highest BCUT2D eigenvalue weighted by molar-refractivity contribution is 6.35. The van der Waals surface area contributed by atoms with E-state index in [1.54, 1.807) is 68.1 Å². The highest BCUT2D eigenvalue weighted by Gasteiger charge is 2.44. The predicted molar refractivity (Wildman–Crippen MR) is 157 cm³/mol. The molecule has 0 radical (unpaired) electrons. The van der Waals surface area contributed by atoms with Gasteiger partial charge in [-0.25, -0.2) is 4.79 Å². The van der Waals surface area contributed by atoms with E-state index in [2.05, 4.69) is 10.2 Å². The third-order valence-electron chi connectivity index (χ3n) is 6.90. The number of halogens is 2. The molecule has 2 heterocycles. The van der Waals surface area contributed by atoms with E-state index in [0.717, 1.165) is 18.7 Å². The molecule has 2 saturated heterocycles. The molecule has 10 nitrogen and oxygen atoms in total. The average Bonchev–Trinajstić information content (AvgIpc) is 3.43. The summed E-state index contributed by atoms with van der Waals surface area (Å²) >= 11 is 12.5. The molecule has 0 spiro atoms. The first kappa shape index (κ1) is 32.0. The van der Waals surface area contributed by atoms with Gasteiger partial charge in [-0.05, 0) is 57.6 Å². The molecule has 2 amide bonds. The third kappa shape index (κ3) is 8.58. The monoisotopic (exact) mass is 621 g/mol. The molecule has 0 unspecified atom stereocenters. The first-order chi connectivity index (χ1) is 19.9. The summed E-state index contributed by atoms with van der Waals surface area (Å²) < 4.78 is 22.5. The molecular weight excluding hydrogens is 585 g/mol. The van der Waals surface area contributed by atoms with Gasteiger partial charge in [0, 0.05) is 48.2 Å². The highest BCUT2D eigenvalue weighted by Crippen LogP contribution is 2.26. The molecule has 12 heteroatoms. The highest BCUT2D eigenvalue weighted by atomic mass is 35.5. The van der Waals surface area contributed by atoms with Crippen LogP contribution in [0.1, 0.15) is 31.9 Å². The second-order valence-electron chi connectivity index (χ2n) is 11.4. The molecule has 42 heavy (non-hydrogen) atoms. The van der Waals surface area contributed by atoms with Crippen molar-refractivity contribution >= 4 is 41.0 Å². The Morgan fingerprint density at radius 1 is 0.976 bits per heavy atom. The minimum Gasteiger partial charge on any atom is -0.489 e. The number of nitrogens with one attached hydrogen (secondary N) is 1. The number of ether oxygens (including phenoxy) is 4. The maximum absolute atomic E-state index is 13.4. The Kier molecular flexibility index (Phi) is 10.7. The zero-order valence-electron chi connectivity index (χ0n) is 24.2. The zero-order chi connectivity index (χ0) is 30.4. The topological polar surface area (TPSA) is 107 Å². The summed E-state index contributed by atoms with van der Waals surface area (Å²) in [6.45, 7) is 7.78. The van der Waals surface area contributed by atoms with Gasteiger partial charge in [-0.2, -0.15) is 0 Å². The third-order valence-corrected chi connectivity index (χ3v) is 7.61. The lowest BCUT2D eigenvalue weighted by molar-refractivity contribution is -0.159. The minimum absolute atomic E-state index is 0.141. The number of amides is 2. The van der Waals surface area contributed by atoms with E-state index >= 15 is 0 Å². The zero-order valence-corrected chi connectivity index (χ0v) is 25.7. The number of benzene rings is 2. The summed E-state index contributed by atoms with van der Waals surface area (Å²) in [5, 5.41) is 3.77. The standard InChI is InChI=1S/C30H37Cl2N3O7/c1-30(2,3)42-29(38)24(16-19-8-10-20(11-9-19)39-17-21-22(31)6-5-7-23(21)32)33-27(36)25-26(41-18-40-25)28(37)35-14-12-34(4)13-15-35/h5-11,24-26H,12-18H2,1-4H3,(H,33,36)/t24-,25+,26+/m0/s1. The van der Waals surface area contributed by atoms with Gasteiger partial charge in [0.25, 0.3) is 11.8 Å². The van der Waals surface area contributed by atoms with Gasteiger partial charge in [0.1, 0.15) is 30.8 Å². The van der Waals surface area contributed by atoms with E-state index in [9.17, 15) is 14.4 Å². The van der Waals surface area contributed by atoms with Crippen LogP contribution < -0.4 is 10.1 Å². The van der Waals surface area contributed by atoms with Gasteiger partial charge in [0.15, 0.2) is 12.2 Å². The van der Waals surface area contributed by atoms with Gasteiger partial charge in [-0.1, -0.05) is 41.4 Å². The molecule has 2 aliphatic heterocycles. The molecule has 2 fully saturated rings. The van der Waals surface area contributed by atoms with Crippen molar-refractivity contribution in [1.82, 2.24) is 15.1 Å². The molecule has 0 bridgehead atoms. The largest absolute Gasteiger partial charge is 0.489 e. The lowest BCUT2D eigenvalue weighted by Crippen LogP contribution is -2.56. The van der Waals surface area contributed by atoms with Crippen LogP contribution in [0.15, 0.2) is 42.5 Å². The molecular formula is C30H37Cl2N3O7. The number of rotatable bonds is 9. The van der Waals surface area contributed by atoms with Crippen LogP contribution >= 0.6 is 23.2 Å². The number of hydrogen-bond acceptors (Lipinski definition) is 8. The quantitative estimate of drug-likeness (QED) is 0.424. The van der Waals surface area contributed by atoms with Crippen LogP contribution in [0, 0.1) is 0 Å². The van der Waals surface area contributed by atoms with Gasteiger partial charge in [-0.15, -0.1) is 0 Å². The fourth-order valence-electron chi connectivity index (χ4n) is 4.58. The Hall–Kier alpha value is -2.89. The molecule has 2 aromatic carbocycles. The van der Waals surface area contributed by atoms with Crippen LogP contribution in [0.3, 0.4) is 0 Å².